The summed E-state index contributed by atoms with van der Waals surface area (Å²) in [6.07, 6.45) is 0. The lowest BCUT2D eigenvalue weighted by atomic mass is 10.2. The van der Waals surface area contributed by atoms with Crippen LogP contribution in [0.3, 0.4) is 0 Å². The molecule has 0 atom stereocenters. The van der Waals surface area contributed by atoms with E-state index in [-0.39, 0.29) is 5.91 Å². The first-order valence-corrected chi connectivity index (χ1v) is 5.66. The van der Waals surface area contributed by atoms with Crippen molar-refractivity contribution in [1.29, 1.82) is 0 Å². The fourth-order valence-corrected chi connectivity index (χ4v) is 1.93. The predicted molar refractivity (Wildman–Crippen MR) is 67.5 cm³/mol. The molecule has 0 aliphatic rings. The molecule has 16 heavy (non-hydrogen) atoms. The molecule has 0 saturated carbocycles. The van der Waals surface area contributed by atoms with E-state index >= 15 is 0 Å². The van der Waals surface area contributed by atoms with Crippen molar-refractivity contribution in [3.05, 3.63) is 40.5 Å². The molecule has 4 heteroatoms. The van der Waals surface area contributed by atoms with Gasteiger partial charge in [0.15, 0.2) is 0 Å². The number of para-hydroxylation sites is 1. The van der Waals surface area contributed by atoms with Crippen LogP contribution in [0.25, 0.3) is 10.9 Å². The van der Waals surface area contributed by atoms with Crippen LogP contribution in [0.5, 0.6) is 0 Å². The summed E-state index contributed by atoms with van der Waals surface area (Å²) in [4.78, 5) is 17.6. The van der Waals surface area contributed by atoms with Crippen LogP contribution in [0.4, 0.5) is 0 Å². The van der Waals surface area contributed by atoms with Crippen molar-refractivity contribution in [2.75, 3.05) is 14.1 Å². The van der Waals surface area contributed by atoms with Gasteiger partial charge in [-0.15, -0.1) is 0 Å². The summed E-state index contributed by atoms with van der Waals surface area (Å²) in [5.41, 5.74) is 1.28. The highest BCUT2D eigenvalue weighted by atomic mass is 79.9. The normalized spacial score (nSPS) is 10.4. The molecule has 1 amide bonds. The summed E-state index contributed by atoms with van der Waals surface area (Å²) in [6, 6.07) is 9.48. The lowest BCUT2D eigenvalue weighted by Crippen LogP contribution is -2.22. The van der Waals surface area contributed by atoms with E-state index in [1.165, 1.54) is 4.90 Å². The van der Waals surface area contributed by atoms with Crippen molar-refractivity contribution in [2.45, 2.75) is 0 Å². The van der Waals surface area contributed by atoms with Crippen molar-refractivity contribution in [3.8, 4) is 0 Å². The molecule has 1 aromatic carbocycles. The molecule has 3 nitrogen and oxygen atoms in total. The minimum absolute atomic E-state index is 0.0855. The minimum atomic E-state index is -0.0855. The number of carbonyl (C=O) groups is 1. The van der Waals surface area contributed by atoms with E-state index in [1.54, 1.807) is 20.2 Å². The van der Waals surface area contributed by atoms with Crippen molar-refractivity contribution < 1.29 is 4.79 Å². The SMILES string of the molecule is CN(C)C(=O)c1ccc2cccc(Br)c2n1. The summed E-state index contributed by atoms with van der Waals surface area (Å²) in [5, 5.41) is 1.02. The monoisotopic (exact) mass is 278 g/mol. The maximum Gasteiger partial charge on any atom is 0.271 e. The van der Waals surface area contributed by atoms with Crippen LogP contribution in [-0.4, -0.2) is 29.9 Å². The number of benzene rings is 1. The molecule has 82 valence electrons. The molecule has 0 aliphatic heterocycles. The number of fused-ring (bicyclic) bond motifs is 1. The Morgan fingerprint density at radius 3 is 2.69 bits per heavy atom. The number of nitrogens with zero attached hydrogens (tertiary/aromatic N) is 2. The highest BCUT2D eigenvalue weighted by Crippen LogP contribution is 2.22. The number of pyridine rings is 1. The van der Waals surface area contributed by atoms with E-state index < -0.39 is 0 Å². The summed E-state index contributed by atoms with van der Waals surface area (Å²) in [7, 11) is 3.43. The molecule has 0 aliphatic carbocycles. The van der Waals surface area contributed by atoms with Crippen molar-refractivity contribution in [1.82, 2.24) is 9.88 Å². The first kappa shape index (κ1) is 11.1. The van der Waals surface area contributed by atoms with Crippen LogP contribution < -0.4 is 0 Å². The molecule has 2 aromatic rings. The van der Waals surface area contributed by atoms with Gasteiger partial charge in [-0.1, -0.05) is 18.2 Å². The molecular weight excluding hydrogens is 268 g/mol. The Bertz CT molecular complexity index is 552. The fraction of sp³-hybridized carbons (Fsp3) is 0.167. The maximum absolute atomic E-state index is 11.7. The Hall–Kier alpha value is -1.42. The number of halogens is 1. The average molecular weight is 279 g/mol. The zero-order valence-corrected chi connectivity index (χ0v) is 10.7. The average Bonchev–Trinajstić information content (AvgIpc) is 2.28. The molecular formula is C12H11BrN2O. The largest absolute Gasteiger partial charge is 0.343 e. The summed E-state index contributed by atoms with van der Waals surface area (Å²) >= 11 is 3.43. The highest BCUT2D eigenvalue weighted by molar-refractivity contribution is 9.10. The van der Waals surface area contributed by atoms with Gasteiger partial charge < -0.3 is 4.90 Å². The molecule has 0 N–H and O–H groups in total. The van der Waals surface area contributed by atoms with Crippen molar-refractivity contribution >= 4 is 32.7 Å². The molecule has 0 fully saturated rings. The second-order valence-corrected chi connectivity index (χ2v) is 4.56. The second-order valence-electron chi connectivity index (χ2n) is 3.71. The topological polar surface area (TPSA) is 33.2 Å². The second kappa shape index (κ2) is 4.22. The van der Waals surface area contributed by atoms with Gasteiger partial charge in [-0.2, -0.15) is 0 Å². The van der Waals surface area contributed by atoms with Gasteiger partial charge in [0.1, 0.15) is 5.69 Å². The molecule has 0 bridgehead atoms. The van der Waals surface area contributed by atoms with E-state index in [2.05, 4.69) is 20.9 Å². The van der Waals surface area contributed by atoms with E-state index in [4.69, 9.17) is 0 Å². The molecule has 1 heterocycles. The van der Waals surface area contributed by atoms with Gasteiger partial charge >= 0.3 is 0 Å². The van der Waals surface area contributed by atoms with E-state index in [1.807, 2.05) is 24.3 Å². The summed E-state index contributed by atoms with van der Waals surface area (Å²) in [5.74, 6) is -0.0855. The Labute approximate surface area is 102 Å². The third kappa shape index (κ3) is 1.93. The third-order valence-corrected chi connectivity index (χ3v) is 2.94. The number of hydrogen-bond donors (Lipinski definition) is 0. The van der Waals surface area contributed by atoms with Crippen LogP contribution in [-0.2, 0) is 0 Å². The molecule has 0 radical (unpaired) electrons. The molecule has 1 aromatic heterocycles. The smallest absolute Gasteiger partial charge is 0.271 e. The number of amides is 1. The van der Waals surface area contributed by atoms with Crippen molar-refractivity contribution in [2.24, 2.45) is 0 Å². The number of hydrogen-bond acceptors (Lipinski definition) is 2. The van der Waals surface area contributed by atoms with Crippen LogP contribution in [0, 0.1) is 0 Å². The fourth-order valence-electron chi connectivity index (χ4n) is 1.46. The van der Waals surface area contributed by atoms with E-state index in [0.717, 1.165) is 15.4 Å². The lowest BCUT2D eigenvalue weighted by Gasteiger charge is -2.10. The molecule has 0 saturated heterocycles. The first-order valence-electron chi connectivity index (χ1n) is 4.86. The van der Waals surface area contributed by atoms with Gasteiger partial charge in [-0.05, 0) is 28.1 Å². The van der Waals surface area contributed by atoms with Gasteiger partial charge in [-0.25, -0.2) is 4.98 Å². The number of carbonyl (C=O) groups excluding carboxylic acids is 1. The lowest BCUT2D eigenvalue weighted by molar-refractivity contribution is 0.0822. The summed E-state index contributed by atoms with van der Waals surface area (Å²) in [6.45, 7) is 0. The zero-order chi connectivity index (χ0) is 11.7. The predicted octanol–water partition coefficient (Wildman–Crippen LogP) is 2.70. The third-order valence-electron chi connectivity index (χ3n) is 2.30. The Morgan fingerprint density at radius 1 is 1.25 bits per heavy atom. The minimum Gasteiger partial charge on any atom is -0.343 e. The molecule has 0 unspecified atom stereocenters. The van der Waals surface area contributed by atoms with Gasteiger partial charge in [0.25, 0.3) is 5.91 Å². The van der Waals surface area contributed by atoms with Gasteiger partial charge in [-0.3, -0.25) is 4.79 Å². The van der Waals surface area contributed by atoms with Gasteiger partial charge in [0, 0.05) is 24.0 Å². The Kier molecular flexibility index (Phi) is 2.92. The van der Waals surface area contributed by atoms with Gasteiger partial charge in [0.05, 0.1) is 5.52 Å². The number of rotatable bonds is 1. The quantitative estimate of drug-likeness (QED) is 0.804. The van der Waals surface area contributed by atoms with Gasteiger partial charge in [0.2, 0.25) is 0 Å². The van der Waals surface area contributed by atoms with Crippen LogP contribution >= 0.6 is 15.9 Å². The van der Waals surface area contributed by atoms with Crippen LogP contribution in [0.2, 0.25) is 0 Å². The maximum atomic E-state index is 11.7. The standard InChI is InChI=1S/C12H11BrN2O/c1-15(2)12(16)10-7-6-8-4-3-5-9(13)11(8)14-10/h3-7H,1-2H3. The zero-order valence-electron chi connectivity index (χ0n) is 9.07. The molecule has 2 rings (SSSR count). The Balaban J connectivity index is 2.59. The summed E-state index contributed by atoms with van der Waals surface area (Å²) < 4.78 is 0.901. The molecule has 0 spiro atoms. The van der Waals surface area contributed by atoms with Crippen LogP contribution in [0.1, 0.15) is 10.5 Å². The first-order chi connectivity index (χ1) is 7.59. The van der Waals surface area contributed by atoms with E-state index in [9.17, 15) is 4.79 Å². The Morgan fingerprint density at radius 2 is 2.00 bits per heavy atom. The van der Waals surface area contributed by atoms with E-state index in [0.29, 0.717) is 5.69 Å². The van der Waals surface area contributed by atoms with Crippen LogP contribution in [0.15, 0.2) is 34.8 Å². The van der Waals surface area contributed by atoms with Crippen molar-refractivity contribution in [3.63, 3.8) is 0 Å². The highest BCUT2D eigenvalue weighted by Gasteiger charge is 2.10. The number of aromatic nitrogens is 1.